The van der Waals surface area contributed by atoms with Crippen LogP contribution in [0.2, 0.25) is 0 Å². The Morgan fingerprint density at radius 2 is 2.25 bits per heavy atom. The first-order valence-corrected chi connectivity index (χ1v) is 6.50. The van der Waals surface area contributed by atoms with E-state index in [4.69, 9.17) is 9.84 Å². The van der Waals surface area contributed by atoms with Crippen molar-refractivity contribution in [1.82, 2.24) is 9.78 Å². The first-order chi connectivity index (χ1) is 9.83. The summed E-state index contributed by atoms with van der Waals surface area (Å²) in [5, 5.41) is 16.2. The second-order valence-corrected chi connectivity index (χ2v) is 4.24. The van der Waals surface area contributed by atoms with Crippen molar-refractivity contribution in [1.29, 1.82) is 0 Å². The minimum Gasteiger partial charge on any atom is -0.496 e. The van der Waals surface area contributed by atoms with E-state index in [-0.39, 0.29) is 6.61 Å². The number of nitrogens with one attached hydrogen (secondary N) is 1. The number of methoxy groups -OCH3 is 1. The summed E-state index contributed by atoms with van der Waals surface area (Å²) in [4.78, 5) is 0. The van der Waals surface area contributed by atoms with E-state index in [0.29, 0.717) is 13.1 Å². The number of hydrogen-bond donors (Lipinski definition) is 2. The number of nitrogens with zero attached hydrogens (tertiary/aromatic N) is 2. The molecular weight excluding hydrogens is 254 g/mol. The third-order valence-corrected chi connectivity index (χ3v) is 2.82. The van der Waals surface area contributed by atoms with Gasteiger partial charge < -0.3 is 15.2 Å². The lowest BCUT2D eigenvalue weighted by molar-refractivity contribution is 0.269. The standard InChI is InChI=1S/C15H19N3O2/c1-20-15-7-3-2-5-13(15)6-4-8-16-14-11-17-18(12-14)9-10-19/h2-7,11-12,16,19H,8-10H2,1H3/b6-4+. The molecule has 20 heavy (non-hydrogen) atoms. The number of anilines is 1. The molecule has 106 valence electrons. The van der Waals surface area contributed by atoms with E-state index in [1.807, 2.05) is 42.6 Å². The molecule has 1 heterocycles. The maximum absolute atomic E-state index is 8.81. The maximum atomic E-state index is 8.81. The summed E-state index contributed by atoms with van der Waals surface area (Å²) in [6.07, 6.45) is 7.66. The van der Waals surface area contributed by atoms with Gasteiger partial charge in [-0.25, -0.2) is 0 Å². The predicted molar refractivity (Wildman–Crippen MR) is 79.8 cm³/mol. The van der Waals surface area contributed by atoms with Crippen LogP contribution in [0.5, 0.6) is 5.75 Å². The maximum Gasteiger partial charge on any atom is 0.126 e. The Labute approximate surface area is 118 Å². The molecule has 0 saturated heterocycles. The first-order valence-electron chi connectivity index (χ1n) is 6.50. The highest BCUT2D eigenvalue weighted by molar-refractivity contribution is 5.57. The zero-order valence-electron chi connectivity index (χ0n) is 11.5. The van der Waals surface area contributed by atoms with Gasteiger partial charge >= 0.3 is 0 Å². The van der Waals surface area contributed by atoms with E-state index in [2.05, 4.69) is 10.4 Å². The molecule has 5 heteroatoms. The van der Waals surface area contributed by atoms with Crippen molar-refractivity contribution in [3.05, 3.63) is 48.3 Å². The lowest BCUT2D eigenvalue weighted by atomic mass is 10.2. The van der Waals surface area contributed by atoms with Gasteiger partial charge in [0.25, 0.3) is 0 Å². The average Bonchev–Trinajstić information content (AvgIpc) is 2.92. The number of ether oxygens (including phenoxy) is 1. The molecule has 2 N–H and O–H groups in total. The van der Waals surface area contributed by atoms with E-state index in [1.54, 1.807) is 18.0 Å². The summed E-state index contributed by atoms with van der Waals surface area (Å²) in [5.41, 5.74) is 1.98. The van der Waals surface area contributed by atoms with Crippen LogP contribution in [-0.4, -0.2) is 35.1 Å². The molecule has 0 saturated carbocycles. The van der Waals surface area contributed by atoms with E-state index < -0.39 is 0 Å². The third-order valence-electron chi connectivity index (χ3n) is 2.82. The smallest absolute Gasteiger partial charge is 0.126 e. The molecule has 2 aromatic rings. The van der Waals surface area contributed by atoms with E-state index >= 15 is 0 Å². The number of para-hydroxylation sites is 1. The van der Waals surface area contributed by atoms with Crippen molar-refractivity contribution < 1.29 is 9.84 Å². The van der Waals surface area contributed by atoms with E-state index in [1.165, 1.54) is 0 Å². The van der Waals surface area contributed by atoms with Crippen molar-refractivity contribution in [2.45, 2.75) is 6.54 Å². The molecular formula is C15H19N3O2. The Kier molecular flexibility index (Phi) is 5.20. The Bertz CT molecular complexity index is 564. The van der Waals surface area contributed by atoms with Crippen molar-refractivity contribution >= 4 is 11.8 Å². The number of aliphatic hydroxyl groups excluding tert-OH is 1. The van der Waals surface area contributed by atoms with Gasteiger partial charge in [-0.3, -0.25) is 4.68 Å². The van der Waals surface area contributed by atoms with Gasteiger partial charge in [0.2, 0.25) is 0 Å². The summed E-state index contributed by atoms with van der Waals surface area (Å²) in [7, 11) is 1.67. The van der Waals surface area contributed by atoms with Gasteiger partial charge in [-0.15, -0.1) is 0 Å². The highest BCUT2D eigenvalue weighted by Crippen LogP contribution is 2.18. The summed E-state index contributed by atoms with van der Waals surface area (Å²) >= 11 is 0. The average molecular weight is 273 g/mol. The van der Waals surface area contributed by atoms with Crippen LogP contribution in [0.15, 0.2) is 42.7 Å². The predicted octanol–water partition coefficient (Wildman–Crippen LogP) is 2.01. The number of hydrogen-bond acceptors (Lipinski definition) is 4. The van der Waals surface area contributed by atoms with Crippen LogP contribution < -0.4 is 10.1 Å². The molecule has 0 aliphatic rings. The second-order valence-electron chi connectivity index (χ2n) is 4.24. The normalized spacial score (nSPS) is 10.9. The fourth-order valence-electron chi connectivity index (χ4n) is 1.85. The SMILES string of the molecule is COc1ccccc1/C=C/CNc1cnn(CCO)c1. The molecule has 0 amide bonds. The van der Waals surface area contributed by atoms with Gasteiger partial charge in [0.15, 0.2) is 0 Å². The lowest BCUT2D eigenvalue weighted by Gasteiger charge is -2.03. The quantitative estimate of drug-likeness (QED) is 0.810. The Morgan fingerprint density at radius 1 is 1.40 bits per heavy atom. The molecule has 1 aromatic heterocycles. The van der Waals surface area contributed by atoms with Crippen molar-refractivity contribution in [3.63, 3.8) is 0 Å². The van der Waals surface area contributed by atoms with E-state index in [9.17, 15) is 0 Å². The number of benzene rings is 1. The summed E-state index contributed by atoms with van der Waals surface area (Å²) < 4.78 is 6.98. The van der Waals surface area contributed by atoms with Crippen molar-refractivity contribution in [2.75, 3.05) is 25.6 Å². The van der Waals surface area contributed by atoms with Gasteiger partial charge in [-0.1, -0.05) is 30.4 Å². The fourth-order valence-corrected chi connectivity index (χ4v) is 1.85. The highest BCUT2D eigenvalue weighted by atomic mass is 16.5. The minimum absolute atomic E-state index is 0.0921. The van der Waals surface area contributed by atoms with Gasteiger partial charge in [-0.05, 0) is 6.07 Å². The van der Waals surface area contributed by atoms with Crippen LogP contribution in [0.1, 0.15) is 5.56 Å². The van der Waals surface area contributed by atoms with E-state index in [0.717, 1.165) is 17.0 Å². The van der Waals surface area contributed by atoms with Gasteiger partial charge in [-0.2, -0.15) is 5.10 Å². The van der Waals surface area contributed by atoms with Crippen LogP contribution in [0.25, 0.3) is 6.08 Å². The van der Waals surface area contributed by atoms with Gasteiger partial charge in [0.1, 0.15) is 5.75 Å². The largest absolute Gasteiger partial charge is 0.496 e. The van der Waals surface area contributed by atoms with Crippen molar-refractivity contribution in [2.24, 2.45) is 0 Å². The zero-order chi connectivity index (χ0) is 14.2. The minimum atomic E-state index is 0.0921. The van der Waals surface area contributed by atoms with Crippen LogP contribution in [0.3, 0.4) is 0 Å². The van der Waals surface area contributed by atoms with Gasteiger partial charge in [0.05, 0.1) is 32.1 Å². The monoisotopic (exact) mass is 273 g/mol. The Balaban J connectivity index is 1.86. The molecule has 5 nitrogen and oxygen atoms in total. The first kappa shape index (κ1) is 14.1. The molecule has 1 aromatic carbocycles. The molecule has 0 atom stereocenters. The highest BCUT2D eigenvalue weighted by Gasteiger charge is 1.97. The lowest BCUT2D eigenvalue weighted by Crippen LogP contribution is -2.02. The summed E-state index contributed by atoms with van der Waals surface area (Å²) in [6.45, 7) is 1.30. The Hall–Kier alpha value is -2.27. The zero-order valence-corrected chi connectivity index (χ0v) is 11.5. The fraction of sp³-hybridized carbons (Fsp3) is 0.267. The molecule has 0 aliphatic heterocycles. The number of aromatic nitrogens is 2. The molecule has 0 bridgehead atoms. The second kappa shape index (κ2) is 7.35. The Morgan fingerprint density at radius 3 is 3.05 bits per heavy atom. The molecule has 0 unspecified atom stereocenters. The molecule has 2 rings (SSSR count). The van der Waals surface area contributed by atoms with Crippen LogP contribution in [-0.2, 0) is 6.54 Å². The molecule has 0 radical (unpaired) electrons. The third kappa shape index (κ3) is 3.86. The summed E-state index contributed by atoms with van der Waals surface area (Å²) in [5.74, 6) is 0.861. The number of rotatable bonds is 7. The molecule has 0 aliphatic carbocycles. The molecule has 0 spiro atoms. The number of aliphatic hydroxyl groups is 1. The van der Waals surface area contributed by atoms with Crippen LogP contribution in [0, 0.1) is 0 Å². The summed E-state index contributed by atoms with van der Waals surface area (Å²) in [6, 6.07) is 7.87. The van der Waals surface area contributed by atoms with Crippen LogP contribution >= 0.6 is 0 Å². The van der Waals surface area contributed by atoms with Crippen LogP contribution in [0.4, 0.5) is 5.69 Å². The molecule has 0 fully saturated rings. The van der Waals surface area contributed by atoms with Gasteiger partial charge in [0, 0.05) is 18.3 Å². The van der Waals surface area contributed by atoms with Crippen molar-refractivity contribution in [3.8, 4) is 5.75 Å². The topological polar surface area (TPSA) is 59.3 Å².